The number of halogens is 1. The Kier molecular flexibility index (Phi) is 2.66. The zero-order chi connectivity index (χ0) is 8.27. The third-order valence-corrected chi connectivity index (χ3v) is 1.93. The largest absolute Gasteiger partial charge is 0.0900 e. The third kappa shape index (κ3) is 2.05. The molecule has 1 rings (SSSR count). The predicted octanol–water partition coefficient (Wildman–Crippen LogP) is 3.61. The molecule has 0 aliphatic heterocycles. The number of benzene rings is 1. The number of allylic oxidation sites excluding steroid dienone is 2. The van der Waals surface area contributed by atoms with Gasteiger partial charge in [-0.15, -0.1) is 0 Å². The van der Waals surface area contributed by atoms with Gasteiger partial charge in [0.25, 0.3) is 0 Å². The van der Waals surface area contributed by atoms with Gasteiger partial charge < -0.3 is 0 Å². The molecule has 0 N–H and O–H groups in total. The van der Waals surface area contributed by atoms with Crippen LogP contribution in [0.5, 0.6) is 0 Å². The highest BCUT2D eigenvalue weighted by Crippen LogP contribution is 2.23. The Morgan fingerprint density at radius 3 is 2.09 bits per heavy atom. The summed E-state index contributed by atoms with van der Waals surface area (Å²) in [6.07, 6.45) is 0. The molecular formula is C10H9Br. The van der Waals surface area contributed by atoms with Crippen molar-refractivity contribution < 1.29 is 0 Å². The average molecular weight is 209 g/mol. The van der Waals surface area contributed by atoms with Crippen LogP contribution in [0.2, 0.25) is 0 Å². The van der Waals surface area contributed by atoms with E-state index in [-0.39, 0.29) is 0 Å². The fourth-order valence-corrected chi connectivity index (χ4v) is 1.02. The Hall–Kier alpha value is -0.820. The molecule has 0 bridgehead atoms. The van der Waals surface area contributed by atoms with Gasteiger partial charge in [-0.2, -0.15) is 0 Å². The minimum Gasteiger partial charge on any atom is -0.0900 e. The normalized spacial score (nSPS) is 9.18. The van der Waals surface area contributed by atoms with E-state index in [1.807, 2.05) is 30.3 Å². The Morgan fingerprint density at radius 1 is 1.09 bits per heavy atom. The van der Waals surface area contributed by atoms with Crippen molar-refractivity contribution in [1.82, 2.24) is 0 Å². The maximum absolute atomic E-state index is 3.88. The maximum Gasteiger partial charge on any atom is 0.0175 e. The summed E-state index contributed by atoms with van der Waals surface area (Å²) in [5.74, 6) is 0. The van der Waals surface area contributed by atoms with Gasteiger partial charge in [-0.3, -0.25) is 0 Å². The van der Waals surface area contributed by atoms with Crippen LogP contribution in [0.25, 0.3) is 5.57 Å². The topological polar surface area (TPSA) is 0 Å². The highest BCUT2D eigenvalue weighted by molar-refractivity contribution is 9.12. The minimum atomic E-state index is 0.837. The number of hydrogen-bond acceptors (Lipinski definition) is 0. The lowest BCUT2D eigenvalue weighted by molar-refractivity contribution is 1.63. The third-order valence-electron chi connectivity index (χ3n) is 1.45. The SMILES string of the molecule is C=C(Br)C(=C)c1ccccc1. The van der Waals surface area contributed by atoms with E-state index in [1.165, 1.54) is 0 Å². The molecule has 0 fully saturated rings. The summed E-state index contributed by atoms with van der Waals surface area (Å²) in [4.78, 5) is 0. The molecule has 0 heterocycles. The van der Waals surface area contributed by atoms with Crippen molar-refractivity contribution in [2.75, 3.05) is 0 Å². The molecule has 0 spiro atoms. The molecule has 0 saturated heterocycles. The second kappa shape index (κ2) is 3.54. The van der Waals surface area contributed by atoms with E-state index >= 15 is 0 Å². The molecule has 1 aromatic carbocycles. The number of rotatable bonds is 2. The van der Waals surface area contributed by atoms with Crippen LogP contribution in [-0.4, -0.2) is 0 Å². The van der Waals surface area contributed by atoms with Gasteiger partial charge in [-0.05, 0) is 11.1 Å². The van der Waals surface area contributed by atoms with E-state index in [2.05, 4.69) is 29.1 Å². The molecule has 0 amide bonds. The van der Waals surface area contributed by atoms with Crippen LogP contribution in [0.1, 0.15) is 5.56 Å². The van der Waals surface area contributed by atoms with E-state index in [0.717, 1.165) is 15.6 Å². The maximum atomic E-state index is 3.88. The summed E-state index contributed by atoms with van der Waals surface area (Å²) in [5.41, 5.74) is 2.04. The van der Waals surface area contributed by atoms with Gasteiger partial charge in [0.15, 0.2) is 0 Å². The van der Waals surface area contributed by atoms with Crippen molar-refractivity contribution in [2.24, 2.45) is 0 Å². The van der Waals surface area contributed by atoms with E-state index in [4.69, 9.17) is 0 Å². The lowest BCUT2D eigenvalue weighted by Crippen LogP contribution is -1.78. The van der Waals surface area contributed by atoms with Crippen LogP contribution in [0.15, 0.2) is 48.0 Å². The first-order valence-corrected chi connectivity index (χ1v) is 4.10. The molecule has 1 aromatic rings. The molecule has 0 saturated carbocycles. The van der Waals surface area contributed by atoms with E-state index in [0.29, 0.717) is 0 Å². The van der Waals surface area contributed by atoms with Crippen molar-refractivity contribution in [3.05, 3.63) is 53.5 Å². The number of hydrogen-bond donors (Lipinski definition) is 0. The van der Waals surface area contributed by atoms with Crippen LogP contribution >= 0.6 is 15.9 Å². The Labute approximate surface area is 75.4 Å². The Bertz CT molecular complexity index is 272. The molecule has 0 aromatic heterocycles. The second-order valence-corrected chi connectivity index (χ2v) is 3.21. The van der Waals surface area contributed by atoms with E-state index < -0.39 is 0 Å². The van der Waals surface area contributed by atoms with Crippen LogP contribution in [0.4, 0.5) is 0 Å². The highest BCUT2D eigenvalue weighted by atomic mass is 79.9. The standard InChI is InChI=1S/C10H9Br/c1-8(9(2)11)10-6-4-3-5-7-10/h3-7H,1-2H2. The smallest absolute Gasteiger partial charge is 0.0175 e. The van der Waals surface area contributed by atoms with E-state index in [9.17, 15) is 0 Å². The zero-order valence-electron chi connectivity index (χ0n) is 6.18. The molecule has 1 heteroatoms. The highest BCUT2D eigenvalue weighted by Gasteiger charge is 1.97. The first-order chi connectivity index (χ1) is 5.22. The molecule has 0 nitrogen and oxygen atoms in total. The molecule has 0 aliphatic carbocycles. The molecule has 0 aliphatic rings. The van der Waals surface area contributed by atoms with Crippen LogP contribution < -0.4 is 0 Å². The van der Waals surface area contributed by atoms with Crippen LogP contribution in [0, 0.1) is 0 Å². The van der Waals surface area contributed by atoms with Gasteiger partial charge in [0.2, 0.25) is 0 Å². The van der Waals surface area contributed by atoms with Crippen molar-refractivity contribution in [1.29, 1.82) is 0 Å². The predicted molar refractivity (Wildman–Crippen MR) is 53.5 cm³/mol. The Morgan fingerprint density at radius 2 is 1.64 bits per heavy atom. The van der Waals surface area contributed by atoms with Gasteiger partial charge in [0.05, 0.1) is 0 Å². The average Bonchev–Trinajstić information content (AvgIpc) is 2.05. The first-order valence-electron chi connectivity index (χ1n) is 3.31. The first kappa shape index (κ1) is 8.28. The fraction of sp³-hybridized carbons (Fsp3) is 0. The lowest BCUT2D eigenvalue weighted by atomic mass is 10.1. The second-order valence-electron chi connectivity index (χ2n) is 2.25. The van der Waals surface area contributed by atoms with Gasteiger partial charge in [-0.1, -0.05) is 59.4 Å². The summed E-state index contributed by atoms with van der Waals surface area (Å²) in [6.45, 7) is 7.63. The lowest BCUT2D eigenvalue weighted by Gasteiger charge is -2.01. The van der Waals surface area contributed by atoms with Gasteiger partial charge >= 0.3 is 0 Å². The van der Waals surface area contributed by atoms with Crippen molar-refractivity contribution in [3.8, 4) is 0 Å². The summed E-state index contributed by atoms with van der Waals surface area (Å²) in [7, 11) is 0. The van der Waals surface area contributed by atoms with Gasteiger partial charge in [0.1, 0.15) is 0 Å². The summed E-state index contributed by atoms with van der Waals surface area (Å²) >= 11 is 3.28. The fourth-order valence-electron chi connectivity index (χ4n) is 0.796. The van der Waals surface area contributed by atoms with Crippen molar-refractivity contribution in [2.45, 2.75) is 0 Å². The molecule has 11 heavy (non-hydrogen) atoms. The zero-order valence-corrected chi connectivity index (χ0v) is 7.76. The molecule has 56 valence electrons. The molecule has 0 unspecified atom stereocenters. The van der Waals surface area contributed by atoms with Crippen molar-refractivity contribution >= 4 is 21.5 Å². The molecule has 0 radical (unpaired) electrons. The minimum absolute atomic E-state index is 0.837. The quantitative estimate of drug-likeness (QED) is 0.652. The van der Waals surface area contributed by atoms with Crippen molar-refractivity contribution in [3.63, 3.8) is 0 Å². The molecule has 0 atom stereocenters. The van der Waals surface area contributed by atoms with Crippen LogP contribution in [-0.2, 0) is 0 Å². The summed E-state index contributed by atoms with van der Waals surface area (Å²) in [6, 6.07) is 9.96. The molecular weight excluding hydrogens is 200 g/mol. The van der Waals surface area contributed by atoms with Crippen LogP contribution in [0.3, 0.4) is 0 Å². The van der Waals surface area contributed by atoms with E-state index in [1.54, 1.807) is 0 Å². The monoisotopic (exact) mass is 208 g/mol. The summed E-state index contributed by atoms with van der Waals surface area (Å²) in [5, 5.41) is 0. The van der Waals surface area contributed by atoms with Gasteiger partial charge in [0, 0.05) is 4.48 Å². The summed E-state index contributed by atoms with van der Waals surface area (Å²) < 4.78 is 0.837. The van der Waals surface area contributed by atoms with Gasteiger partial charge in [-0.25, -0.2) is 0 Å². The Balaban J connectivity index is 2.95.